The van der Waals surface area contributed by atoms with E-state index in [0.29, 0.717) is 5.42 Å². The maximum atomic E-state index is 10.6. The normalized spacial score (nSPS) is 12.7. The van der Waals surface area contributed by atoms with Crippen LogP contribution in [0.15, 0.2) is 9.21 Å². The van der Waals surface area contributed by atoms with Crippen molar-refractivity contribution in [3.8, 4) is 0 Å². The fourth-order valence-corrected chi connectivity index (χ4v) is 0.781. The first-order valence-electron chi connectivity index (χ1n) is 4.09. The molecule has 1 aromatic heterocycles. The second-order valence-corrected chi connectivity index (χ2v) is 1.87. The van der Waals surface area contributed by atoms with Gasteiger partial charge in [-0.25, -0.2) is 4.79 Å². The summed E-state index contributed by atoms with van der Waals surface area (Å²) in [5.74, 6) is -0.402. The van der Waals surface area contributed by atoms with Crippen LogP contribution < -0.4 is 16.5 Å². The first-order valence-corrected chi connectivity index (χ1v) is 4.09. The van der Waals surface area contributed by atoms with Crippen molar-refractivity contribution in [1.29, 1.82) is 0 Å². The Labute approximate surface area is 71.4 Å². The molecule has 1 rings (SSSR count). The molecule has 0 saturated heterocycles. The number of oxazole rings is 1. The molecule has 0 amide bonds. The van der Waals surface area contributed by atoms with Crippen LogP contribution in [0, 0.1) is 0 Å². The molecule has 0 atom stereocenters. The molecule has 0 saturated carbocycles. The average Bonchev–Trinajstić information content (AvgIpc) is 2.49. The molecule has 0 spiro atoms. The van der Waals surface area contributed by atoms with E-state index in [9.17, 15) is 4.79 Å². The highest BCUT2D eigenvalue weighted by molar-refractivity contribution is 5.19. The van der Waals surface area contributed by atoms with E-state index in [0.717, 1.165) is 5.35 Å². The predicted molar refractivity (Wildman–Crippen MR) is 50.2 cm³/mol. The number of nitrogens with one attached hydrogen (secondary N) is 1. The van der Waals surface area contributed by atoms with Gasteiger partial charge in [-0.1, -0.05) is 19.9 Å². The van der Waals surface area contributed by atoms with E-state index in [-0.39, 0.29) is 0 Å². The molecule has 0 aliphatic rings. The van der Waals surface area contributed by atoms with Crippen LogP contribution in [0.4, 0.5) is 0 Å². The Morgan fingerprint density at radius 1 is 1.25 bits per heavy atom. The highest BCUT2D eigenvalue weighted by Crippen LogP contribution is 1.56. The van der Waals surface area contributed by atoms with E-state index in [1.165, 1.54) is 0 Å². The number of hydrogen-bond donors (Lipinski definition) is 1. The van der Waals surface area contributed by atoms with Crippen molar-refractivity contribution in [2.75, 3.05) is 0 Å². The van der Waals surface area contributed by atoms with Gasteiger partial charge in [0.2, 0.25) is 0 Å². The largest absolute Gasteiger partial charge is 0.417 e. The summed E-state index contributed by atoms with van der Waals surface area (Å²) in [6.45, 7) is 7.66. The smallest absolute Gasteiger partial charge is 0.408 e. The zero-order valence-corrected chi connectivity index (χ0v) is 7.97. The summed E-state index contributed by atoms with van der Waals surface area (Å²) in [6, 6.07) is 0. The zero-order valence-electron chi connectivity index (χ0n) is 7.97. The minimum absolute atomic E-state index is 0.402. The number of aromatic amines is 1. The van der Waals surface area contributed by atoms with Crippen LogP contribution in [0.3, 0.4) is 0 Å². The first-order chi connectivity index (χ1) is 5.77. The van der Waals surface area contributed by atoms with Gasteiger partial charge in [0.25, 0.3) is 0 Å². The lowest BCUT2D eigenvalue weighted by molar-refractivity contribution is 0.485. The van der Waals surface area contributed by atoms with Crippen molar-refractivity contribution >= 4 is 12.2 Å². The summed E-state index contributed by atoms with van der Waals surface area (Å²) >= 11 is 0. The Balaban J connectivity index is 0.000000561. The lowest BCUT2D eigenvalue weighted by Gasteiger charge is -1.69. The Morgan fingerprint density at radius 3 is 2.17 bits per heavy atom. The van der Waals surface area contributed by atoms with Gasteiger partial charge in [-0.05, 0) is 19.9 Å². The quantitative estimate of drug-likeness (QED) is 0.618. The topological polar surface area (TPSA) is 46.0 Å². The Kier molecular flexibility index (Phi) is 4.84. The van der Waals surface area contributed by atoms with Gasteiger partial charge in [0.1, 0.15) is 0 Å². The van der Waals surface area contributed by atoms with Crippen molar-refractivity contribution in [2.45, 2.75) is 27.7 Å². The van der Waals surface area contributed by atoms with Gasteiger partial charge in [-0.3, -0.25) is 4.98 Å². The fraction of sp³-hybridized carbons (Fsp3) is 0.444. The number of aromatic nitrogens is 1. The fourth-order valence-electron chi connectivity index (χ4n) is 0.781. The van der Waals surface area contributed by atoms with Crippen LogP contribution in [0.1, 0.15) is 27.7 Å². The van der Waals surface area contributed by atoms with Crippen LogP contribution in [-0.4, -0.2) is 4.98 Å². The second-order valence-electron chi connectivity index (χ2n) is 1.87. The summed E-state index contributed by atoms with van der Waals surface area (Å²) in [4.78, 5) is 13.1. The monoisotopic (exact) mass is 169 g/mol. The van der Waals surface area contributed by atoms with Gasteiger partial charge >= 0.3 is 5.76 Å². The van der Waals surface area contributed by atoms with Gasteiger partial charge in [-0.15, -0.1) is 0 Å². The summed E-state index contributed by atoms with van der Waals surface area (Å²) in [6.07, 6.45) is 3.54. The van der Waals surface area contributed by atoms with E-state index in [1.54, 1.807) is 12.2 Å². The number of hydrogen-bond acceptors (Lipinski definition) is 2. The van der Waals surface area contributed by atoms with E-state index in [2.05, 4.69) is 4.98 Å². The zero-order chi connectivity index (χ0) is 9.56. The molecule has 0 aliphatic heterocycles. The lowest BCUT2D eigenvalue weighted by Crippen LogP contribution is -2.21. The molecule has 1 aromatic rings. The van der Waals surface area contributed by atoms with Crippen LogP contribution in [0.25, 0.3) is 12.2 Å². The van der Waals surface area contributed by atoms with Crippen LogP contribution >= 0.6 is 0 Å². The SMILES string of the molecule is C/C=c1/[nH]c(=O)o/c1=C/C.CC. The third-order valence-electron chi connectivity index (χ3n) is 1.26. The third kappa shape index (κ3) is 2.42. The maximum Gasteiger partial charge on any atom is 0.417 e. The van der Waals surface area contributed by atoms with Gasteiger partial charge in [0, 0.05) is 0 Å². The molecule has 68 valence electrons. The van der Waals surface area contributed by atoms with E-state index < -0.39 is 5.76 Å². The standard InChI is InChI=1S/C7H9NO2.C2H6/c1-3-5-6(4-2)10-7(9)8-5;1-2/h3-4H,1-2H3,(H,8,9);1-2H3/b5-3+,6-4+;. The van der Waals surface area contributed by atoms with Crippen molar-refractivity contribution in [3.63, 3.8) is 0 Å². The van der Waals surface area contributed by atoms with E-state index >= 15 is 0 Å². The highest BCUT2D eigenvalue weighted by atomic mass is 16.4. The minimum atomic E-state index is -0.402. The molecule has 3 nitrogen and oxygen atoms in total. The summed E-state index contributed by atoms with van der Waals surface area (Å²) < 4.78 is 4.76. The Hall–Kier alpha value is -1.25. The number of rotatable bonds is 0. The van der Waals surface area contributed by atoms with Crippen LogP contribution in [0.5, 0.6) is 0 Å². The van der Waals surface area contributed by atoms with Crippen molar-refractivity contribution in [1.82, 2.24) is 4.98 Å². The molecule has 3 heteroatoms. The van der Waals surface area contributed by atoms with Crippen molar-refractivity contribution in [2.24, 2.45) is 0 Å². The van der Waals surface area contributed by atoms with Crippen molar-refractivity contribution < 1.29 is 4.42 Å². The van der Waals surface area contributed by atoms with Crippen LogP contribution in [-0.2, 0) is 0 Å². The molecule has 0 aromatic carbocycles. The first kappa shape index (κ1) is 10.8. The van der Waals surface area contributed by atoms with Crippen LogP contribution in [0.2, 0.25) is 0 Å². The highest BCUT2D eigenvalue weighted by Gasteiger charge is 1.88. The van der Waals surface area contributed by atoms with Gasteiger partial charge in [0.15, 0.2) is 5.42 Å². The van der Waals surface area contributed by atoms with Gasteiger partial charge in [-0.2, -0.15) is 0 Å². The molecule has 1 N–H and O–H groups in total. The molecular weight excluding hydrogens is 154 g/mol. The molecular formula is C9H15NO2. The van der Waals surface area contributed by atoms with E-state index in [4.69, 9.17) is 4.42 Å². The molecule has 0 bridgehead atoms. The Morgan fingerprint density at radius 2 is 1.83 bits per heavy atom. The summed E-state index contributed by atoms with van der Waals surface area (Å²) in [7, 11) is 0. The molecule has 12 heavy (non-hydrogen) atoms. The summed E-state index contributed by atoms with van der Waals surface area (Å²) in [5, 5.41) is 0.743. The molecule has 1 heterocycles. The molecule has 0 unspecified atom stereocenters. The third-order valence-corrected chi connectivity index (χ3v) is 1.26. The second kappa shape index (κ2) is 5.41. The van der Waals surface area contributed by atoms with Gasteiger partial charge < -0.3 is 4.42 Å². The van der Waals surface area contributed by atoms with Crippen molar-refractivity contribution in [3.05, 3.63) is 21.3 Å². The molecule has 0 aliphatic carbocycles. The maximum absolute atomic E-state index is 10.6. The average molecular weight is 169 g/mol. The Bertz CT molecular complexity index is 335. The summed E-state index contributed by atoms with van der Waals surface area (Å²) in [5.41, 5.74) is 0.604. The molecule has 0 fully saturated rings. The minimum Gasteiger partial charge on any atom is -0.408 e. The lowest BCUT2D eigenvalue weighted by atomic mass is 10.5. The van der Waals surface area contributed by atoms with Gasteiger partial charge in [0.05, 0.1) is 5.35 Å². The van der Waals surface area contributed by atoms with E-state index in [1.807, 2.05) is 27.7 Å². The number of H-pyrrole nitrogens is 1. The predicted octanol–water partition coefficient (Wildman–Crippen LogP) is 0.595. The molecule has 0 radical (unpaired) electrons.